The highest BCUT2D eigenvalue weighted by Gasteiger charge is 2.40. The molecule has 0 radical (unpaired) electrons. The van der Waals surface area contributed by atoms with Gasteiger partial charge in [-0.2, -0.15) is 4.98 Å². The molecule has 2 aliphatic rings. The molecule has 0 spiro atoms. The Morgan fingerprint density at radius 3 is 2.45 bits per heavy atom. The lowest BCUT2D eigenvalue weighted by Crippen LogP contribution is -2.50. The SMILES string of the molecule is BC(B)(B)NC(=O)c1nnc(NC(=O)C2CC2)cc1Nc1cccc(-c2noc(C(C)(C)C(=O)N3CCOCC3)n2)c1OC. The maximum atomic E-state index is 13.3. The number of amides is 3. The first-order chi connectivity index (χ1) is 20.9. The third-order valence-electron chi connectivity index (χ3n) is 7.22. The lowest BCUT2D eigenvalue weighted by atomic mass is 9.49. The molecule has 1 aliphatic heterocycles. The van der Waals surface area contributed by atoms with Crippen LogP contribution in [0.3, 0.4) is 0 Å². The molecule has 1 aliphatic carbocycles. The zero-order chi connectivity index (χ0) is 31.6. The molecule has 0 bridgehead atoms. The molecule has 0 atom stereocenters. The quantitative estimate of drug-likeness (QED) is 0.244. The number of hydrogen-bond donors (Lipinski definition) is 3. The molecule has 3 N–H and O–H groups in total. The molecule has 1 saturated heterocycles. The topological polar surface area (TPSA) is 174 Å². The number of methoxy groups -OCH3 is 1. The molecule has 5 rings (SSSR count). The van der Waals surface area contributed by atoms with Gasteiger partial charge in [0, 0.05) is 25.1 Å². The van der Waals surface area contributed by atoms with Gasteiger partial charge in [-0.25, -0.2) is 0 Å². The van der Waals surface area contributed by atoms with Gasteiger partial charge in [0.05, 0.1) is 37.3 Å². The minimum Gasteiger partial charge on any atom is -0.494 e. The van der Waals surface area contributed by atoms with Gasteiger partial charge < -0.3 is 34.8 Å². The molecular weight excluding hydrogens is 565 g/mol. The van der Waals surface area contributed by atoms with Crippen molar-refractivity contribution in [3.63, 3.8) is 0 Å². The summed E-state index contributed by atoms with van der Waals surface area (Å²) in [6, 6.07) is 6.83. The summed E-state index contributed by atoms with van der Waals surface area (Å²) in [6.07, 6.45) is 1.66. The second-order valence-corrected chi connectivity index (χ2v) is 12.4. The van der Waals surface area contributed by atoms with E-state index in [1.54, 1.807) is 43.0 Å². The molecule has 3 aromatic rings. The van der Waals surface area contributed by atoms with Crippen LogP contribution in [0, 0.1) is 5.92 Å². The van der Waals surface area contributed by atoms with Gasteiger partial charge in [-0.05, 0) is 44.1 Å². The fourth-order valence-corrected chi connectivity index (χ4v) is 4.71. The zero-order valence-electron chi connectivity index (χ0n) is 25.8. The predicted molar refractivity (Wildman–Crippen MR) is 169 cm³/mol. The standard InChI is InChI=1S/C27H35B3N8O6/c1-26(2,25(41)38-9-11-43-12-10-38)24-33-21(37-44-24)15-5-4-6-16(20(15)42-3)31-17-13-18(32-22(39)14-7-8-14)35-36-19(17)23(40)34-27(28,29)30/h4-6,13-14H,7-12,28-30H2,1-3H3,(H,34,40)(H2,31,32,35,39). The molecule has 2 fully saturated rings. The van der Waals surface area contributed by atoms with Crippen LogP contribution in [0.4, 0.5) is 17.2 Å². The van der Waals surface area contributed by atoms with Gasteiger partial charge in [0.25, 0.3) is 5.91 Å². The van der Waals surface area contributed by atoms with Crippen molar-refractivity contribution in [2.75, 3.05) is 44.0 Å². The molecule has 44 heavy (non-hydrogen) atoms. The van der Waals surface area contributed by atoms with E-state index in [0.717, 1.165) is 12.8 Å². The smallest absolute Gasteiger partial charge is 0.272 e. The van der Waals surface area contributed by atoms with Gasteiger partial charge in [-0.3, -0.25) is 14.4 Å². The molecule has 0 unspecified atom stereocenters. The zero-order valence-corrected chi connectivity index (χ0v) is 25.8. The summed E-state index contributed by atoms with van der Waals surface area (Å²) < 4.78 is 16.7. The highest BCUT2D eigenvalue weighted by atomic mass is 16.5. The molecule has 14 nitrogen and oxygen atoms in total. The average Bonchev–Trinajstić information content (AvgIpc) is 3.72. The van der Waals surface area contributed by atoms with Gasteiger partial charge in [0.2, 0.25) is 23.5 Å². The Morgan fingerprint density at radius 1 is 1.07 bits per heavy atom. The molecule has 1 aromatic carbocycles. The van der Waals surface area contributed by atoms with E-state index in [1.807, 2.05) is 23.5 Å². The van der Waals surface area contributed by atoms with Gasteiger partial charge in [0.1, 0.15) is 29.0 Å². The van der Waals surface area contributed by atoms with Gasteiger partial charge in [-0.15, -0.1) is 10.2 Å². The van der Waals surface area contributed by atoms with Crippen LogP contribution in [-0.4, -0.2) is 105 Å². The van der Waals surface area contributed by atoms with E-state index in [-0.39, 0.29) is 41.0 Å². The fourth-order valence-electron chi connectivity index (χ4n) is 4.71. The number of hydrogen-bond acceptors (Lipinski definition) is 11. The van der Waals surface area contributed by atoms with Crippen LogP contribution in [0.15, 0.2) is 28.8 Å². The molecule has 3 heterocycles. The van der Waals surface area contributed by atoms with E-state index in [1.165, 1.54) is 7.11 Å². The number of anilines is 3. The first kappa shape index (κ1) is 31.0. The Balaban J connectivity index is 1.46. The highest BCUT2D eigenvalue weighted by Crippen LogP contribution is 2.38. The lowest BCUT2D eigenvalue weighted by Gasteiger charge is -2.32. The maximum Gasteiger partial charge on any atom is 0.272 e. The summed E-state index contributed by atoms with van der Waals surface area (Å²) in [6.45, 7) is 5.45. The van der Waals surface area contributed by atoms with Gasteiger partial charge in [-0.1, -0.05) is 11.2 Å². The number of benzene rings is 1. The minimum atomic E-state index is -1.06. The number of aromatic nitrogens is 4. The Bertz CT molecular complexity index is 1570. The molecule has 228 valence electrons. The van der Waals surface area contributed by atoms with Crippen molar-refractivity contribution < 1.29 is 28.4 Å². The molecule has 17 heteroatoms. The van der Waals surface area contributed by atoms with Crippen molar-refractivity contribution >= 4 is 58.5 Å². The first-order valence-corrected chi connectivity index (χ1v) is 14.5. The summed E-state index contributed by atoms with van der Waals surface area (Å²) in [5, 5.41) is 20.8. The Kier molecular flexibility index (Phi) is 8.68. The van der Waals surface area contributed by atoms with Crippen LogP contribution in [0.25, 0.3) is 11.4 Å². The van der Waals surface area contributed by atoms with E-state index >= 15 is 0 Å². The first-order valence-electron chi connectivity index (χ1n) is 14.5. The van der Waals surface area contributed by atoms with Crippen molar-refractivity contribution in [2.45, 2.75) is 37.3 Å². The van der Waals surface area contributed by atoms with Crippen LogP contribution in [0.2, 0.25) is 0 Å². The van der Waals surface area contributed by atoms with Crippen molar-refractivity contribution in [2.24, 2.45) is 5.92 Å². The number of para-hydroxylation sites is 1. The summed E-state index contributed by atoms with van der Waals surface area (Å²) in [5.74, 6) is 0.204. The second kappa shape index (κ2) is 12.3. The minimum absolute atomic E-state index is 0.0297. The van der Waals surface area contributed by atoms with Crippen LogP contribution in [0.5, 0.6) is 5.75 Å². The Hall–Kier alpha value is -4.40. The van der Waals surface area contributed by atoms with Crippen LogP contribution in [-0.2, 0) is 19.7 Å². The van der Waals surface area contributed by atoms with Crippen molar-refractivity contribution in [1.29, 1.82) is 0 Å². The number of rotatable bonds is 10. The average molecular weight is 600 g/mol. The monoisotopic (exact) mass is 600 g/mol. The summed E-state index contributed by atoms with van der Waals surface area (Å²) in [4.78, 5) is 45.2. The number of nitrogens with zero attached hydrogens (tertiary/aromatic N) is 5. The molecule has 1 saturated carbocycles. The predicted octanol–water partition coefficient (Wildman–Crippen LogP) is -0.996. The van der Waals surface area contributed by atoms with Crippen LogP contribution < -0.4 is 20.7 Å². The third-order valence-corrected chi connectivity index (χ3v) is 7.22. The van der Waals surface area contributed by atoms with Crippen molar-refractivity contribution in [1.82, 2.24) is 30.6 Å². The Morgan fingerprint density at radius 2 is 1.80 bits per heavy atom. The van der Waals surface area contributed by atoms with E-state index in [2.05, 4.69) is 36.3 Å². The van der Waals surface area contributed by atoms with Gasteiger partial charge >= 0.3 is 0 Å². The largest absolute Gasteiger partial charge is 0.494 e. The van der Waals surface area contributed by atoms with Crippen molar-refractivity contribution in [3.05, 3.63) is 35.9 Å². The maximum absolute atomic E-state index is 13.3. The third kappa shape index (κ3) is 6.88. The molecule has 3 amide bonds. The highest BCUT2D eigenvalue weighted by molar-refractivity contribution is 6.60. The number of ether oxygens (including phenoxy) is 2. The van der Waals surface area contributed by atoms with E-state index in [0.29, 0.717) is 49.0 Å². The van der Waals surface area contributed by atoms with E-state index < -0.39 is 16.6 Å². The summed E-state index contributed by atoms with van der Waals surface area (Å²) in [5.41, 5.74) is 0.228. The number of carbonyl (C=O) groups excluding carboxylic acids is 3. The van der Waals surface area contributed by atoms with Gasteiger partial charge in [0.15, 0.2) is 17.3 Å². The van der Waals surface area contributed by atoms with E-state index in [9.17, 15) is 14.4 Å². The van der Waals surface area contributed by atoms with Crippen LogP contribution >= 0.6 is 0 Å². The summed E-state index contributed by atoms with van der Waals surface area (Å²) in [7, 11) is 7.07. The fraction of sp³-hybridized carbons (Fsp3) is 0.444. The normalized spacial score (nSPS) is 15.4. The number of carbonyl (C=O) groups is 3. The van der Waals surface area contributed by atoms with Crippen molar-refractivity contribution in [3.8, 4) is 17.1 Å². The van der Waals surface area contributed by atoms with E-state index in [4.69, 9.17) is 14.0 Å². The summed E-state index contributed by atoms with van der Waals surface area (Å²) >= 11 is 0. The number of nitrogens with one attached hydrogen (secondary N) is 3. The number of morpholine rings is 1. The van der Waals surface area contributed by atoms with Crippen LogP contribution in [0.1, 0.15) is 43.1 Å². The Labute approximate surface area is 257 Å². The molecule has 2 aromatic heterocycles. The second-order valence-electron chi connectivity index (χ2n) is 12.4. The molecular formula is C27H35B3N8O6. The lowest BCUT2D eigenvalue weighted by molar-refractivity contribution is -0.141.